The van der Waals surface area contributed by atoms with Crippen LogP contribution >= 0.6 is 0 Å². The second-order valence-electron chi connectivity index (χ2n) is 5.46. The van der Waals surface area contributed by atoms with Gasteiger partial charge in [-0.1, -0.05) is 12.1 Å². The van der Waals surface area contributed by atoms with Crippen molar-refractivity contribution in [1.82, 2.24) is 9.78 Å². The van der Waals surface area contributed by atoms with Gasteiger partial charge < -0.3 is 9.84 Å². The van der Waals surface area contributed by atoms with Gasteiger partial charge in [-0.05, 0) is 42.0 Å². The molecule has 1 aromatic heterocycles. The first kappa shape index (κ1) is 16.6. The Hall–Kier alpha value is -3.22. The standard InChI is InChI=1S/C18H14F2N2O3/c1-18(19,20)25-16-4-2-3-13(9-16)14-10-21-22(11-14)15-7-5-12(6-8-15)17(23)24/h2-11H,1H3,(H,23,24). The molecule has 0 unspecified atom stereocenters. The lowest BCUT2D eigenvalue weighted by Crippen LogP contribution is -2.18. The normalized spacial score (nSPS) is 11.3. The molecule has 7 heteroatoms. The van der Waals surface area contributed by atoms with E-state index in [1.54, 1.807) is 41.3 Å². The van der Waals surface area contributed by atoms with Gasteiger partial charge in [0.2, 0.25) is 0 Å². The van der Waals surface area contributed by atoms with Crippen molar-refractivity contribution in [2.24, 2.45) is 0 Å². The molecule has 3 aromatic rings. The third-order valence-electron chi connectivity index (χ3n) is 3.43. The van der Waals surface area contributed by atoms with Crippen LogP contribution in [-0.2, 0) is 0 Å². The number of carbonyl (C=O) groups is 1. The van der Waals surface area contributed by atoms with Crippen LogP contribution in [0.1, 0.15) is 17.3 Å². The number of carboxylic acid groups (broad SMARTS) is 1. The summed E-state index contributed by atoms with van der Waals surface area (Å²) in [6.45, 7) is 0.679. The average Bonchev–Trinajstić information content (AvgIpc) is 3.03. The third kappa shape index (κ3) is 4.00. The SMILES string of the molecule is CC(F)(F)Oc1cccc(-c2cnn(-c3ccc(C(=O)O)cc3)c2)c1. The summed E-state index contributed by atoms with van der Waals surface area (Å²) in [5.74, 6) is -0.944. The first-order valence-corrected chi connectivity index (χ1v) is 7.37. The summed E-state index contributed by atoms with van der Waals surface area (Å²) in [4.78, 5) is 10.9. The summed E-state index contributed by atoms with van der Waals surface area (Å²) in [7, 11) is 0. The molecule has 0 fully saturated rings. The van der Waals surface area contributed by atoms with Crippen molar-refractivity contribution >= 4 is 5.97 Å². The lowest BCUT2D eigenvalue weighted by atomic mass is 10.1. The minimum absolute atomic E-state index is 0.0589. The zero-order valence-corrected chi connectivity index (χ0v) is 13.2. The smallest absolute Gasteiger partial charge is 0.394 e. The Balaban J connectivity index is 1.86. The highest BCUT2D eigenvalue weighted by Gasteiger charge is 2.23. The predicted octanol–water partition coefficient (Wildman–Crippen LogP) is 4.23. The van der Waals surface area contributed by atoms with Crippen LogP contribution in [0.4, 0.5) is 8.78 Å². The molecular formula is C18H14F2N2O3. The van der Waals surface area contributed by atoms with E-state index in [-0.39, 0.29) is 11.3 Å². The monoisotopic (exact) mass is 344 g/mol. The maximum Gasteiger partial charge on any atom is 0.394 e. The first-order chi connectivity index (χ1) is 11.8. The number of aromatic nitrogens is 2. The highest BCUT2D eigenvalue weighted by Crippen LogP contribution is 2.27. The summed E-state index contributed by atoms with van der Waals surface area (Å²) >= 11 is 0. The fraction of sp³-hybridized carbons (Fsp3) is 0.111. The summed E-state index contributed by atoms with van der Waals surface area (Å²) < 4.78 is 32.1. The number of rotatable bonds is 5. The van der Waals surface area contributed by atoms with Gasteiger partial charge in [0.05, 0.1) is 17.4 Å². The fourth-order valence-electron chi connectivity index (χ4n) is 2.32. The van der Waals surface area contributed by atoms with E-state index in [0.29, 0.717) is 23.7 Å². The van der Waals surface area contributed by atoms with Crippen LogP contribution in [0.25, 0.3) is 16.8 Å². The van der Waals surface area contributed by atoms with Gasteiger partial charge in [-0.15, -0.1) is 0 Å². The number of halogens is 2. The topological polar surface area (TPSA) is 64.4 Å². The minimum Gasteiger partial charge on any atom is -0.478 e. The van der Waals surface area contributed by atoms with Crippen molar-refractivity contribution in [3.8, 4) is 22.6 Å². The van der Waals surface area contributed by atoms with E-state index in [2.05, 4.69) is 9.84 Å². The van der Waals surface area contributed by atoms with Crippen molar-refractivity contribution in [2.75, 3.05) is 0 Å². The number of benzene rings is 2. The molecule has 0 saturated heterocycles. The molecule has 0 aliphatic heterocycles. The van der Waals surface area contributed by atoms with Crippen molar-refractivity contribution in [1.29, 1.82) is 0 Å². The molecule has 1 N–H and O–H groups in total. The van der Waals surface area contributed by atoms with E-state index in [4.69, 9.17) is 5.11 Å². The number of nitrogens with zero attached hydrogens (tertiary/aromatic N) is 2. The van der Waals surface area contributed by atoms with Crippen LogP contribution in [0.15, 0.2) is 60.9 Å². The Morgan fingerprint density at radius 1 is 1.16 bits per heavy atom. The lowest BCUT2D eigenvalue weighted by molar-refractivity contribution is -0.158. The van der Waals surface area contributed by atoms with Gasteiger partial charge in [-0.2, -0.15) is 13.9 Å². The summed E-state index contributed by atoms with van der Waals surface area (Å²) in [6, 6.07) is 12.6. The van der Waals surface area contributed by atoms with Crippen molar-refractivity contribution < 1.29 is 23.4 Å². The second kappa shape index (κ2) is 6.35. The summed E-state index contributed by atoms with van der Waals surface area (Å²) in [6.07, 6.45) is 0.0575. The van der Waals surface area contributed by atoms with Crippen molar-refractivity contribution in [2.45, 2.75) is 13.0 Å². The zero-order chi connectivity index (χ0) is 18.0. The lowest BCUT2D eigenvalue weighted by Gasteiger charge is -2.13. The van der Waals surface area contributed by atoms with Gasteiger partial charge in [0, 0.05) is 18.7 Å². The van der Waals surface area contributed by atoms with Crippen molar-refractivity contribution in [3.63, 3.8) is 0 Å². The molecule has 0 atom stereocenters. The zero-order valence-electron chi connectivity index (χ0n) is 13.2. The molecule has 0 saturated carbocycles. The molecular weight excluding hydrogens is 330 g/mol. The molecule has 0 bridgehead atoms. The highest BCUT2D eigenvalue weighted by atomic mass is 19.3. The van der Waals surface area contributed by atoms with Crippen LogP contribution in [0.2, 0.25) is 0 Å². The Morgan fingerprint density at radius 2 is 1.88 bits per heavy atom. The summed E-state index contributed by atoms with van der Waals surface area (Å²) in [5.41, 5.74) is 2.26. The maximum atomic E-state index is 13.0. The van der Waals surface area contributed by atoms with E-state index >= 15 is 0 Å². The molecule has 2 aromatic carbocycles. The van der Waals surface area contributed by atoms with Gasteiger partial charge in [-0.25, -0.2) is 9.48 Å². The van der Waals surface area contributed by atoms with Gasteiger partial charge in [0.25, 0.3) is 0 Å². The Bertz CT molecular complexity index is 899. The largest absolute Gasteiger partial charge is 0.478 e. The Morgan fingerprint density at radius 3 is 2.52 bits per heavy atom. The molecule has 0 radical (unpaired) electrons. The molecule has 25 heavy (non-hydrogen) atoms. The van der Waals surface area contributed by atoms with Gasteiger partial charge >= 0.3 is 12.1 Å². The first-order valence-electron chi connectivity index (χ1n) is 7.37. The molecule has 0 aliphatic rings. The quantitative estimate of drug-likeness (QED) is 0.752. The summed E-state index contributed by atoms with van der Waals surface area (Å²) in [5, 5.41) is 13.1. The highest BCUT2D eigenvalue weighted by molar-refractivity contribution is 5.87. The number of alkyl halides is 2. The minimum atomic E-state index is -3.26. The van der Waals surface area contributed by atoms with E-state index < -0.39 is 12.1 Å². The average molecular weight is 344 g/mol. The second-order valence-corrected chi connectivity index (χ2v) is 5.46. The van der Waals surface area contributed by atoms with Crippen LogP contribution in [0, 0.1) is 0 Å². The van der Waals surface area contributed by atoms with Crippen LogP contribution < -0.4 is 4.74 Å². The van der Waals surface area contributed by atoms with E-state index in [0.717, 1.165) is 0 Å². The maximum absolute atomic E-state index is 13.0. The molecule has 5 nitrogen and oxygen atoms in total. The van der Waals surface area contributed by atoms with Crippen LogP contribution in [-0.4, -0.2) is 27.0 Å². The molecule has 0 aliphatic carbocycles. The molecule has 0 spiro atoms. The van der Waals surface area contributed by atoms with E-state index in [1.165, 1.54) is 24.3 Å². The molecule has 128 valence electrons. The predicted molar refractivity (Wildman–Crippen MR) is 87.2 cm³/mol. The van der Waals surface area contributed by atoms with E-state index in [9.17, 15) is 13.6 Å². The Kier molecular flexibility index (Phi) is 4.22. The Labute approximate surface area is 142 Å². The fourth-order valence-corrected chi connectivity index (χ4v) is 2.32. The number of carboxylic acids is 1. The van der Waals surface area contributed by atoms with Crippen molar-refractivity contribution in [3.05, 3.63) is 66.5 Å². The molecule has 3 rings (SSSR count). The van der Waals surface area contributed by atoms with Gasteiger partial charge in [0.15, 0.2) is 0 Å². The molecule has 0 amide bonds. The third-order valence-corrected chi connectivity index (χ3v) is 3.43. The number of hydrogen-bond donors (Lipinski definition) is 1. The number of ether oxygens (including phenoxy) is 1. The van der Waals surface area contributed by atoms with Gasteiger partial charge in [-0.3, -0.25) is 0 Å². The van der Waals surface area contributed by atoms with Gasteiger partial charge in [0.1, 0.15) is 5.75 Å². The van der Waals surface area contributed by atoms with Crippen LogP contribution in [0.5, 0.6) is 5.75 Å². The number of hydrogen-bond acceptors (Lipinski definition) is 3. The van der Waals surface area contributed by atoms with E-state index in [1.807, 2.05) is 0 Å². The molecule has 1 heterocycles. The number of aromatic carboxylic acids is 1. The van der Waals surface area contributed by atoms with Crippen LogP contribution in [0.3, 0.4) is 0 Å².